The van der Waals surface area contributed by atoms with E-state index in [2.05, 4.69) is 6.66 Å². The lowest BCUT2D eigenvalue weighted by Gasteiger charge is -2.20. The molecule has 0 amide bonds. The van der Waals surface area contributed by atoms with E-state index in [1.807, 2.05) is 0 Å². The molecule has 2 heterocycles. The van der Waals surface area contributed by atoms with Crippen LogP contribution in [0.25, 0.3) is 0 Å². The Kier molecular flexibility index (Phi) is 2.79. The largest absolute Gasteiger partial charge is 0.371 e. The van der Waals surface area contributed by atoms with E-state index < -0.39 is 0 Å². The first kappa shape index (κ1) is 8.38. The van der Waals surface area contributed by atoms with Gasteiger partial charge in [0.2, 0.25) is 0 Å². The van der Waals surface area contributed by atoms with Gasteiger partial charge < -0.3 is 9.47 Å². The average Bonchev–Trinajstić information content (AvgIpc) is 2.55. The minimum atomic E-state index is 0.120. The lowest BCUT2D eigenvalue weighted by Crippen LogP contribution is -2.19. The minimum Gasteiger partial charge on any atom is -0.371 e. The van der Waals surface area contributed by atoms with Crippen LogP contribution >= 0.6 is 16.5 Å². The van der Waals surface area contributed by atoms with E-state index in [1.165, 1.54) is 12.3 Å². The molecule has 2 aliphatic rings. The highest BCUT2D eigenvalue weighted by molar-refractivity contribution is 7.58. The van der Waals surface area contributed by atoms with Gasteiger partial charge in [0, 0.05) is 0 Å². The Morgan fingerprint density at radius 3 is 2.82 bits per heavy atom. The Morgan fingerprint density at radius 2 is 2.27 bits per heavy atom. The van der Waals surface area contributed by atoms with Crippen LogP contribution in [-0.2, 0) is 9.47 Å². The maximum Gasteiger partial charge on any atom is 0.106 e. The van der Waals surface area contributed by atoms with Crippen molar-refractivity contribution in [3.63, 3.8) is 0 Å². The Balaban J connectivity index is 1.92. The molecule has 0 bridgehead atoms. The highest BCUT2D eigenvalue weighted by atomic mass is 31.1. The van der Waals surface area contributed by atoms with Crippen LogP contribution in [0.3, 0.4) is 0 Å². The van der Waals surface area contributed by atoms with Crippen molar-refractivity contribution in [2.24, 2.45) is 0 Å². The molecule has 2 fully saturated rings. The molecule has 2 unspecified atom stereocenters. The predicted octanol–water partition coefficient (Wildman–Crippen LogP) is 1.49. The molecule has 0 aromatic heterocycles. The Hall–Kier alpha value is 0.780. The second-order valence-electron chi connectivity index (χ2n) is 2.99. The summed E-state index contributed by atoms with van der Waals surface area (Å²) in [6.07, 6.45) is 2.54. The van der Waals surface area contributed by atoms with Crippen LogP contribution in [0.5, 0.6) is 0 Å². The van der Waals surface area contributed by atoms with Gasteiger partial charge in [-0.05, 0) is 19.0 Å². The third-order valence-corrected chi connectivity index (χ3v) is 5.99. The molecular weight excluding hydrogens is 178 g/mol. The Bertz CT molecular complexity index is 136. The lowest BCUT2D eigenvalue weighted by atomic mass is 10.7. The summed E-state index contributed by atoms with van der Waals surface area (Å²) in [5.74, 6) is 0.944. The summed E-state index contributed by atoms with van der Waals surface area (Å²) in [4.78, 5) is 0. The van der Waals surface area contributed by atoms with Gasteiger partial charge in [-0.2, -0.15) is 0 Å². The van der Waals surface area contributed by atoms with Crippen molar-refractivity contribution in [2.75, 3.05) is 32.2 Å². The Labute approximate surface area is 70.6 Å². The Morgan fingerprint density at radius 1 is 1.36 bits per heavy atom. The zero-order chi connectivity index (χ0) is 7.68. The zero-order valence-corrected chi connectivity index (χ0v) is 8.64. The van der Waals surface area contributed by atoms with Gasteiger partial charge in [-0.1, -0.05) is 16.5 Å². The van der Waals surface area contributed by atoms with E-state index in [1.54, 1.807) is 0 Å². The standard InChI is InChI=1S/C7H14O2P2/c1-11-5-3-9-7(11)6-8-2-4-10-6/h6-7,10H,2-5H2,1H3/t6-,7-,11?/m1/s1. The van der Waals surface area contributed by atoms with Gasteiger partial charge in [0.15, 0.2) is 0 Å². The molecule has 0 aromatic rings. The highest BCUT2D eigenvalue weighted by Crippen LogP contribution is 2.49. The van der Waals surface area contributed by atoms with Crippen LogP contribution in [0.15, 0.2) is 0 Å². The van der Waals surface area contributed by atoms with E-state index >= 15 is 0 Å². The second kappa shape index (κ2) is 3.66. The normalized spacial score (nSPS) is 47.2. The van der Waals surface area contributed by atoms with Gasteiger partial charge in [-0.25, -0.2) is 0 Å². The summed E-state index contributed by atoms with van der Waals surface area (Å²) in [5.41, 5.74) is 0. The summed E-state index contributed by atoms with van der Waals surface area (Å²) >= 11 is 0. The maximum absolute atomic E-state index is 5.66. The van der Waals surface area contributed by atoms with Gasteiger partial charge in [-0.3, -0.25) is 0 Å². The van der Waals surface area contributed by atoms with E-state index in [0.717, 1.165) is 21.8 Å². The van der Waals surface area contributed by atoms with E-state index in [9.17, 15) is 0 Å². The van der Waals surface area contributed by atoms with Crippen molar-refractivity contribution in [3.8, 4) is 0 Å². The number of hydrogen-bond donors (Lipinski definition) is 0. The molecule has 11 heavy (non-hydrogen) atoms. The monoisotopic (exact) mass is 192 g/mol. The van der Waals surface area contributed by atoms with Crippen molar-refractivity contribution >= 4 is 16.5 Å². The summed E-state index contributed by atoms with van der Waals surface area (Å²) in [7, 11) is 1.11. The van der Waals surface area contributed by atoms with Crippen LogP contribution in [0.2, 0.25) is 0 Å². The maximum atomic E-state index is 5.66. The van der Waals surface area contributed by atoms with Crippen molar-refractivity contribution in [1.82, 2.24) is 0 Å². The molecule has 0 aliphatic carbocycles. The zero-order valence-electron chi connectivity index (χ0n) is 6.75. The molecule has 0 aromatic carbocycles. The van der Waals surface area contributed by atoms with E-state index in [-0.39, 0.29) is 7.92 Å². The van der Waals surface area contributed by atoms with Crippen LogP contribution in [0.4, 0.5) is 0 Å². The fourth-order valence-electron chi connectivity index (χ4n) is 1.52. The summed E-state index contributed by atoms with van der Waals surface area (Å²) in [6.45, 7) is 4.27. The van der Waals surface area contributed by atoms with Gasteiger partial charge in [-0.15, -0.1) is 0 Å². The van der Waals surface area contributed by atoms with Crippen LogP contribution in [0, 0.1) is 0 Å². The van der Waals surface area contributed by atoms with Crippen molar-refractivity contribution in [2.45, 2.75) is 11.7 Å². The number of hydrogen-bond acceptors (Lipinski definition) is 2. The first-order valence-electron chi connectivity index (χ1n) is 4.05. The SMILES string of the molecule is CP1CCO[C@H]1[C@@H]1OCCP1. The molecule has 0 radical (unpaired) electrons. The molecular formula is C7H14O2P2. The second-order valence-corrected chi connectivity index (χ2v) is 6.93. The van der Waals surface area contributed by atoms with Gasteiger partial charge in [0.1, 0.15) is 11.7 Å². The fraction of sp³-hybridized carbons (Fsp3) is 1.00. The van der Waals surface area contributed by atoms with E-state index in [4.69, 9.17) is 9.47 Å². The third kappa shape index (κ3) is 1.75. The lowest BCUT2D eigenvalue weighted by molar-refractivity contribution is 0.0368. The predicted molar refractivity (Wildman–Crippen MR) is 50.4 cm³/mol. The quantitative estimate of drug-likeness (QED) is 0.586. The van der Waals surface area contributed by atoms with Crippen molar-refractivity contribution in [1.29, 1.82) is 0 Å². The number of ether oxygens (including phenoxy) is 2. The molecule has 4 heteroatoms. The topological polar surface area (TPSA) is 18.5 Å². The van der Waals surface area contributed by atoms with Gasteiger partial charge in [0.05, 0.1) is 13.2 Å². The van der Waals surface area contributed by atoms with Crippen LogP contribution < -0.4 is 0 Å². The van der Waals surface area contributed by atoms with Crippen LogP contribution in [-0.4, -0.2) is 43.9 Å². The third-order valence-electron chi connectivity index (χ3n) is 2.17. The van der Waals surface area contributed by atoms with Gasteiger partial charge >= 0.3 is 0 Å². The molecule has 0 N–H and O–H groups in total. The van der Waals surface area contributed by atoms with Crippen molar-refractivity contribution < 1.29 is 9.47 Å². The molecule has 4 atom stereocenters. The smallest absolute Gasteiger partial charge is 0.106 e. The molecule has 0 saturated carbocycles. The average molecular weight is 192 g/mol. The minimum absolute atomic E-state index is 0.120. The molecule has 64 valence electrons. The first-order valence-corrected chi connectivity index (χ1v) is 7.37. The fourth-order valence-corrected chi connectivity index (χ4v) is 5.21. The van der Waals surface area contributed by atoms with Gasteiger partial charge in [0.25, 0.3) is 0 Å². The van der Waals surface area contributed by atoms with Crippen LogP contribution in [0.1, 0.15) is 0 Å². The first-order chi connectivity index (χ1) is 5.38. The summed E-state index contributed by atoms with van der Waals surface area (Å²) in [5, 5.41) is 0. The molecule has 2 nitrogen and oxygen atoms in total. The van der Waals surface area contributed by atoms with E-state index in [0.29, 0.717) is 11.7 Å². The molecule has 0 spiro atoms. The molecule has 2 rings (SSSR count). The summed E-state index contributed by atoms with van der Waals surface area (Å²) in [6, 6.07) is 0. The molecule has 2 aliphatic heterocycles. The molecule has 2 saturated heterocycles. The highest BCUT2D eigenvalue weighted by Gasteiger charge is 2.34. The summed E-state index contributed by atoms with van der Waals surface area (Å²) < 4.78 is 11.3. The number of rotatable bonds is 1. The van der Waals surface area contributed by atoms with Crippen molar-refractivity contribution in [3.05, 3.63) is 0 Å².